The number of nitrogens with one attached hydrogen (secondary N) is 1. The van der Waals surface area contributed by atoms with E-state index in [9.17, 15) is 0 Å². The number of nitrogens with zero attached hydrogens (tertiary/aromatic N) is 2. The Kier molecular flexibility index (Phi) is 4.41. The maximum atomic E-state index is 4.82. The zero-order chi connectivity index (χ0) is 13.2. The highest BCUT2D eigenvalue weighted by Crippen LogP contribution is 2.29. The lowest BCUT2D eigenvalue weighted by Crippen LogP contribution is -2.47. The molecule has 4 heteroatoms. The molecule has 1 aliphatic heterocycles. The third kappa shape index (κ3) is 3.31. The summed E-state index contributed by atoms with van der Waals surface area (Å²) >= 11 is 1.82. The van der Waals surface area contributed by atoms with Crippen LogP contribution in [0, 0.1) is 0 Å². The van der Waals surface area contributed by atoms with Crippen molar-refractivity contribution in [3.63, 3.8) is 0 Å². The van der Waals surface area contributed by atoms with Gasteiger partial charge in [0.25, 0.3) is 0 Å². The Morgan fingerprint density at radius 1 is 1.39 bits per heavy atom. The summed E-state index contributed by atoms with van der Waals surface area (Å²) in [5, 5.41) is 6.91. The fourth-order valence-electron chi connectivity index (χ4n) is 2.36. The quantitative estimate of drug-likeness (QED) is 0.908. The molecule has 0 bridgehead atoms. The smallest absolute Gasteiger partial charge is 0.0997 e. The van der Waals surface area contributed by atoms with Crippen molar-refractivity contribution >= 4 is 11.3 Å². The summed E-state index contributed by atoms with van der Waals surface area (Å²) in [6, 6.07) is 0. The minimum Gasteiger partial charge on any atom is -0.314 e. The first-order chi connectivity index (χ1) is 8.49. The van der Waals surface area contributed by atoms with Gasteiger partial charge in [-0.3, -0.25) is 4.90 Å². The minimum absolute atomic E-state index is 0.162. The molecule has 0 unspecified atom stereocenters. The van der Waals surface area contributed by atoms with Crippen LogP contribution in [0.25, 0.3) is 0 Å². The molecule has 3 nitrogen and oxygen atoms in total. The van der Waals surface area contributed by atoms with Crippen molar-refractivity contribution in [3.05, 3.63) is 16.1 Å². The molecule has 1 fully saturated rings. The molecule has 1 saturated heterocycles. The van der Waals surface area contributed by atoms with Gasteiger partial charge in [0, 0.05) is 43.5 Å². The van der Waals surface area contributed by atoms with Crippen LogP contribution in [0.3, 0.4) is 0 Å². The van der Waals surface area contributed by atoms with Crippen LogP contribution in [0.5, 0.6) is 0 Å². The first-order valence-corrected chi connectivity index (χ1v) is 7.76. The van der Waals surface area contributed by atoms with Gasteiger partial charge in [0.05, 0.1) is 10.7 Å². The molecule has 0 saturated carbocycles. The fraction of sp³-hybridized carbons (Fsp3) is 0.786. The van der Waals surface area contributed by atoms with Crippen LogP contribution in [-0.2, 0) is 5.41 Å². The normalized spacial score (nSPS) is 18.5. The van der Waals surface area contributed by atoms with E-state index in [4.69, 9.17) is 4.98 Å². The van der Waals surface area contributed by atoms with Crippen LogP contribution in [0.2, 0.25) is 0 Å². The number of piperazine rings is 1. The van der Waals surface area contributed by atoms with E-state index in [0.717, 1.165) is 32.7 Å². The average molecular weight is 267 g/mol. The monoisotopic (exact) mass is 267 g/mol. The highest BCUT2D eigenvalue weighted by Gasteiger charge is 2.28. The Hall–Kier alpha value is -0.450. The van der Waals surface area contributed by atoms with Gasteiger partial charge in [-0.2, -0.15) is 0 Å². The Bertz CT molecular complexity index is 378. The van der Waals surface area contributed by atoms with E-state index < -0.39 is 0 Å². The first-order valence-electron chi connectivity index (χ1n) is 6.88. The second kappa shape index (κ2) is 5.68. The highest BCUT2D eigenvalue weighted by atomic mass is 32.1. The van der Waals surface area contributed by atoms with Crippen molar-refractivity contribution in [2.45, 2.75) is 39.0 Å². The SMILES string of the molecule is CC(C)c1csc(C(C)(C)CN2CCNCC2)n1. The van der Waals surface area contributed by atoms with Gasteiger partial charge in [-0.1, -0.05) is 27.7 Å². The molecule has 0 spiro atoms. The number of aromatic nitrogens is 1. The average Bonchev–Trinajstić information content (AvgIpc) is 2.79. The van der Waals surface area contributed by atoms with Gasteiger partial charge < -0.3 is 5.32 Å². The molecule has 1 aliphatic rings. The molecular weight excluding hydrogens is 242 g/mol. The summed E-state index contributed by atoms with van der Waals surface area (Å²) in [6.45, 7) is 14.7. The molecule has 2 rings (SSSR count). The van der Waals surface area contributed by atoms with Crippen molar-refractivity contribution in [1.29, 1.82) is 0 Å². The molecule has 0 amide bonds. The second-order valence-corrected chi connectivity index (χ2v) is 7.00. The number of hydrogen-bond donors (Lipinski definition) is 1. The third-order valence-electron chi connectivity index (χ3n) is 3.52. The lowest BCUT2D eigenvalue weighted by Gasteiger charge is -2.34. The Labute approximate surface area is 115 Å². The summed E-state index contributed by atoms with van der Waals surface area (Å²) in [7, 11) is 0. The summed E-state index contributed by atoms with van der Waals surface area (Å²) in [5.41, 5.74) is 1.40. The van der Waals surface area contributed by atoms with E-state index >= 15 is 0 Å². The van der Waals surface area contributed by atoms with E-state index in [2.05, 4.69) is 43.3 Å². The van der Waals surface area contributed by atoms with Crippen molar-refractivity contribution in [2.75, 3.05) is 32.7 Å². The Morgan fingerprint density at radius 3 is 2.61 bits per heavy atom. The lowest BCUT2D eigenvalue weighted by molar-refractivity contribution is 0.199. The predicted octanol–water partition coefficient (Wildman–Crippen LogP) is 2.45. The van der Waals surface area contributed by atoms with E-state index in [1.54, 1.807) is 0 Å². The second-order valence-electron chi connectivity index (χ2n) is 6.14. The van der Waals surface area contributed by atoms with Crippen LogP contribution >= 0.6 is 11.3 Å². The topological polar surface area (TPSA) is 28.2 Å². The molecule has 0 aliphatic carbocycles. The first kappa shape index (κ1) is 14.0. The van der Waals surface area contributed by atoms with Crippen LogP contribution in [-0.4, -0.2) is 42.6 Å². The maximum absolute atomic E-state index is 4.82. The molecular formula is C14H25N3S. The fourth-order valence-corrected chi connectivity index (χ4v) is 3.46. The highest BCUT2D eigenvalue weighted by molar-refractivity contribution is 7.09. The molecule has 0 radical (unpaired) electrons. The van der Waals surface area contributed by atoms with Crippen LogP contribution in [0.15, 0.2) is 5.38 Å². The van der Waals surface area contributed by atoms with E-state index in [1.165, 1.54) is 10.7 Å². The molecule has 0 aromatic carbocycles. The molecule has 18 heavy (non-hydrogen) atoms. The summed E-state index contributed by atoms with van der Waals surface area (Å²) in [5.74, 6) is 0.532. The van der Waals surface area contributed by atoms with Crippen molar-refractivity contribution in [2.24, 2.45) is 0 Å². The van der Waals surface area contributed by atoms with Crippen molar-refractivity contribution < 1.29 is 0 Å². The van der Waals surface area contributed by atoms with Gasteiger partial charge >= 0.3 is 0 Å². The van der Waals surface area contributed by atoms with E-state index in [0.29, 0.717) is 5.92 Å². The standard InChI is InChI=1S/C14H25N3S/c1-11(2)12-9-18-13(16-12)14(3,4)10-17-7-5-15-6-8-17/h9,11,15H,5-8,10H2,1-4H3. The zero-order valence-corrected chi connectivity index (χ0v) is 12.8. The van der Waals surface area contributed by atoms with Gasteiger partial charge in [-0.05, 0) is 5.92 Å². The number of thiazole rings is 1. The zero-order valence-electron chi connectivity index (χ0n) is 12.0. The summed E-state index contributed by atoms with van der Waals surface area (Å²) in [6.07, 6.45) is 0. The summed E-state index contributed by atoms with van der Waals surface area (Å²) in [4.78, 5) is 7.37. The maximum Gasteiger partial charge on any atom is 0.0997 e. The van der Waals surface area contributed by atoms with E-state index in [1.807, 2.05) is 11.3 Å². The Balaban J connectivity index is 2.03. The largest absolute Gasteiger partial charge is 0.314 e. The van der Waals surface area contributed by atoms with Gasteiger partial charge in [-0.25, -0.2) is 4.98 Å². The number of hydrogen-bond acceptors (Lipinski definition) is 4. The van der Waals surface area contributed by atoms with Crippen LogP contribution < -0.4 is 5.32 Å². The molecule has 1 N–H and O–H groups in total. The molecule has 0 atom stereocenters. The number of rotatable bonds is 4. The van der Waals surface area contributed by atoms with Gasteiger partial charge in [0.15, 0.2) is 0 Å². The van der Waals surface area contributed by atoms with Gasteiger partial charge in [0.2, 0.25) is 0 Å². The lowest BCUT2D eigenvalue weighted by atomic mass is 9.93. The molecule has 1 aromatic heterocycles. The Morgan fingerprint density at radius 2 is 2.06 bits per heavy atom. The molecule has 1 aromatic rings. The van der Waals surface area contributed by atoms with Crippen LogP contribution in [0.4, 0.5) is 0 Å². The molecule has 2 heterocycles. The predicted molar refractivity (Wildman–Crippen MR) is 78.5 cm³/mol. The van der Waals surface area contributed by atoms with Crippen LogP contribution in [0.1, 0.15) is 44.3 Å². The third-order valence-corrected chi connectivity index (χ3v) is 4.75. The molecule has 102 valence electrons. The van der Waals surface area contributed by atoms with Crippen molar-refractivity contribution in [3.8, 4) is 0 Å². The summed E-state index contributed by atoms with van der Waals surface area (Å²) < 4.78 is 0. The van der Waals surface area contributed by atoms with Gasteiger partial charge in [-0.15, -0.1) is 11.3 Å². The minimum atomic E-state index is 0.162. The van der Waals surface area contributed by atoms with E-state index in [-0.39, 0.29) is 5.41 Å². The van der Waals surface area contributed by atoms with Crippen molar-refractivity contribution in [1.82, 2.24) is 15.2 Å². The van der Waals surface area contributed by atoms with Gasteiger partial charge in [0.1, 0.15) is 0 Å².